The molecule has 29 heavy (non-hydrogen) atoms. The van der Waals surface area contributed by atoms with Gasteiger partial charge in [0.25, 0.3) is 11.8 Å². The lowest BCUT2D eigenvalue weighted by Crippen LogP contribution is -2.39. The first-order valence-corrected chi connectivity index (χ1v) is 9.55. The van der Waals surface area contributed by atoms with E-state index in [2.05, 4.69) is 11.4 Å². The molecular formula is C22H24N2O5. The fourth-order valence-corrected chi connectivity index (χ4v) is 3.41. The molecule has 3 N–H and O–H groups in total. The molecular weight excluding hydrogens is 372 g/mol. The molecule has 2 atom stereocenters. The van der Waals surface area contributed by atoms with E-state index < -0.39 is 24.6 Å². The van der Waals surface area contributed by atoms with Crippen molar-refractivity contribution < 1.29 is 23.9 Å². The van der Waals surface area contributed by atoms with Crippen LogP contribution < -0.4 is 15.8 Å². The van der Waals surface area contributed by atoms with Gasteiger partial charge in [-0.3, -0.25) is 9.59 Å². The molecule has 2 amide bonds. The zero-order valence-electron chi connectivity index (χ0n) is 16.2. The average molecular weight is 396 g/mol. The monoisotopic (exact) mass is 396 g/mol. The van der Waals surface area contributed by atoms with Gasteiger partial charge in [0.2, 0.25) is 0 Å². The molecule has 0 fully saturated rings. The Morgan fingerprint density at radius 1 is 1.14 bits per heavy atom. The number of benzene rings is 2. The van der Waals surface area contributed by atoms with Crippen molar-refractivity contribution in [3.63, 3.8) is 0 Å². The van der Waals surface area contributed by atoms with Crippen LogP contribution in [0.2, 0.25) is 0 Å². The predicted octanol–water partition coefficient (Wildman–Crippen LogP) is 2.29. The summed E-state index contributed by atoms with van der Waals surface area (Å²) in [5.41, 5.74) is 7.78. The third-order valence-electron chi connectivity index (χ3n) is 4.86. The first-order chi connectivity index (χ1) is 14.0. The summed E-state index contributed by atoms with van der Waals surface area (Å²) < 4.78 is 10.5. The molecule has 0 unspecified atom stereocenters. The summed E-state index contributed by atoms with van der Waals surface area (Å²) in [7, 11) is 0. The zero-order chi connectivity index (χ0) is 20.8. The number of aryl methyl sites for hydroxylation is 1. The van der Waals surface area contributed by atoms with Gasteiger partial charge < -0.3 is 20.5 Å². The number of ether oxygens (including phenoxy) is 2. The number of nitrogens with two attached hydrogens (primary N) is 1. The standard InChI is InChI=1S/C22H24N2O5/c1-14(22(27)24-18-11-6-8-15-7-2-3-9-16(15)18)29-20(25)13-28-19-12-5-4-10-17(19)21(23)26/h2-5,7,9-10,12,14,18H,6,8,11,13H2,1H3,(H2,23,26)(H,24,27)/t14-,18-/m0/s1. The van der Waals surface area contributed by atoms with E-state index in [4.69, 9.17) is 15.2 Å². The first-order valence-electron chi connectivity index (χ1n) is 9.55. The molecule has 2 aromatic rings. The number of primary amides is 1. The lowest BCUT2D eigenvalue weighted by atomic mass is 9.87. The molecule has 0 saturated carbocycles. The number of para-hydroxylation sites is 1. The fourth-order valence-electron chi connectivity index (χ4n) is 3.41. The Morgan fingerprint density at radius 2 is 1.86 bits per heavy atom. The van der Waals surface area contributed by atoms with Gasteiger partial charge >= 0.3 is 5.97 Å². The third kappa shape index (κ3) is 5.13. The highest BCUT2D eigenvalue weighted by molar-refractivity contribution is 5.95. The minimum Gasteiger partial charge on any atom is -0.481 e. The highest BCUT2D eigenvalue weighted by Gasteiger charge is 2.25. The smallest absolute Gasteiger partial charge is 0.344 e. The summed E-state index contributed by atoms with van der Waals surface area (Å²) in [6.07, 6.45) is 1.86. The van der Waals surface area contributed by atoms with E-state index in [1.54, 1.807) is 12.1 Å². The molecule has 0 aliphatic heterocycles. The number of fused-ring (bicyclic) bond motifs is 1. The van der Waals surface area contributed by atoms with Crippen molar-refractivity contribution in [2.24, 2.45) is 5.73 Å². The van der Waals surface area contributed by atoms with Crippen molar-refractivity contribution in [1.82, 2.24) is 5.32 Å². The van der Waals surface area contributed by atoms with E-state index in [0.29, 0.717) is 0 Å². The third-order valence-corrected chi connectivity index (χ3v) is 4.86. The normalized spacial score (nSPS) is 16.2. The molecule has 7 nitrogen and oxygen atoms in total. The summed E-state index contributed by atoms with van der Waals surface area (Å²) >= 11 is 0. The molecule has 0 heterocycles. The SMILES string of the molecule is C[C@H](OC(=O)COc1ccccc1C(N)=O)C(=O)N[C@H]1CCCc2ccccc21. The number of hydrogen-bond donors (Lipinski definition) is 2. The second-order valence-corrected chi connectivity index (χ2v) is 6.93. The van der Waals surface area contributed by atoms with Crippen LogP contribution in [0.15, 0.2) is 48.5 Å². The second-order valence-electron chi connectivity index (χ2n) is 6.93. The molecule has 3 rings (SSSR count). The maximum atomic E-state index is 12.5. The largest absolute Gasteiger partial charge is 0.481 e. The van der Waals surface area contributed by atoms with Crippen molar-refractivity contribution >= 4 is 17.8 Å². The van der Waals surface area contributed by atoms with E-state index in [-0.39, 0.29) is 23.3 Å². The molecule has 7 heteroatoms. The van der Waals surface area contributed by atoms with Gasteiger partial charge in [0.05, 0.1) is 11.6 Å². The molecule has 1 aliphatic carbocycles. The highest BCUT2D eigenvalue weighted by Crippen LogP contribution is 2.29. The topological polar surface area (TPSA) is 108 Å². The molecule has 152 valence electrons. The van der Waals surface area contributed by atoms with Gasteiger partial charge in [-0.1, -0.05) is 36.4 Å². The maximum Gasteiger partial charge on any atom is 0.344 e. The molecule has 0 bridgehead atoms. The van der Waals surface area contributed by atoms with Crippen LogP contribution in [-0.2, 0) is 20.7 Å². The molecule has 0 radical (unpaired) electrons. The molecule has 0 saturated heterocycles. The minimum atomic E-state index is -0.966. The van der Waals surface area contributed by atoms with Crippen LogP contribution in [0.4, 0.5) is 0 Å². The van der Waals surface area contributed by atoms with Crippen LogP contribution in [0.5, 0.6) is 5.75 Å². The van der Waals surface area contributed by atoms with Gasteiger partial charge in [0.15, 0.2) is 12.7 Å². The van der Waals surface area contributed by atoms with Gasteiger partial charge in [0.1, 0.15) is 5.75 Å². The Morgan fingerprint density at radius 3 is 2.66 bits per heavy atom. The minimum absolute atomic E-state index is 0.0905. The van der Waals surface area contributed by atoms with Crippen LogP contribution in [0, 0.1) is 0 Å². The van der Waals surface area contributed by atoms with Crippen LogP contribution in [0.1, 0.15) is 47.3 Å². The van der Waals surface area contributed by atoms with E-state index >= 15 is 0 Å². The van der Waals surface area contributed by atoms with Crippen LogP contribution in [0.3, 0.4) is 0 Å². The summed E-state index contributed by atoms with van der Waals surface area (Å²) in [4.78, 5) is 35.9. The average Bonchev–Trinajstić information content (AvgIpc) is 2.72. The van der Waals surface area contributed by atoms with Gasteiger partial charge in [0, 0.05) is 0 Å². The molecule has 0 spiro atoms. The number of amides is 2. The quantitative estimate of drug-likeness (QED) is 0.698. The van der Waals surface area contributed by atoms with Gasteiger partial charge in [-0.25, -0.2) is 4.79 Å². The second kappa shape index (κ2) is 9.23. The Hall–Kier alpha value is -3.35. The Labute approximate surface area is 169 Å². The van der Waals surface area contributed by atoms with Crippen molar-refractivity contribution in [1.29, 1.82) is 0 Å². The number of hydrogen-bond acceptors (Lipinski definition) is 5. The Kier molecular flexibility index (Phi) is 6.49. The van der Waals surface area contributed by atoms with Crippen LogP contribution >= 0.6 is 0 Å². The van der Waals surface area contributed by atoms with Crippen molar-refractivity contribution in [3.05, 3.63) is 65.2 Å². The number of carbonyl (C=O) groups excluding carboxylic acids is 3. The summed E-state index contributed by atoms with van der Waals surface area (Å²) in [5, 5.41) is 2.96. The maximum absolute atomic E-state index is 12.5. The van der Waals surface area contributed by atoms with Gasteiger partial charge in [-0.05, 0) is 49.4 Å². The number of esters is 1. The van der Waals surface area contributed by atoms with Gasteiger partial charge in [-0.15, -0.1) is 0 Å². The van der Waals surface area contributed by atoms with Crippen molar-refractivity contribution in [2.75, 3.05) is 6.61 Å². The Bertz CT molecular complexity index is 912. The van der Waals surface area contributed by atoms with Crippen LogP contribution in [0.25, 0.3) is 0 Å². The molecule has 1 aliphatic rings. The number of rotatable bonds is 7. The molecule has 0 aromatic heterocycles. The number of carbonyl (C=O) groups is 3. The lowest BCUT2D eigenvalue weighted by Gasteiger charge is -2.27. The fraction of sp³-hybridized carbons (Fsp3) is 0.318. The summed E-state index contributed by atoms with van der Waals surface area (Å²) in [6.45, 7) is 1.08. The first kappa shape index (κ1) is 20.4. The predicted molar refractivity (Wildman–Crippen MR) is 106 cm³/mol. The van der Waals surface area contributed by atoms with Crippen molar-refractivity contribution in [2.45, 2.75) is 38.3 Å². The van der Waals surface area contributed by atoms with E-state index in [1.165, 1.54) is 24.6 Å². The summed E-state index contributed by atoms with van der Waals surface area (Å²) in [6, 6.07) is 14.3. The van der Waals surface area contributed by atoms with Gasteiger partial charge in [-0.2, -0.15) is 0 Å². The van der Waals surface area contributed by atoms with E-state index in [0.717, 1.165) is 24.8 Å². The number of nitrogens with one attached hydrogen (secondary N) is 1. The highest BCUT2D eigenvalue weighted by atomic mass is 16.6. The Balaban J connectivity index is 1.52. The van der Waals surface area contributed by atoms with E-state index in [9.17, 15) is 14.4 Å². The lowest BCUT2D eigenvalue weighted by molar-refractivity contribution is -0.156. The van der Waals surface area contributed by atoms with Crippen LogP contribution in [-0.4, -0.2) is 30.5 Å². The van der Waals surface area contributed by atoms with E-state index in [1.807, 2.05) is 18.2 Å². The molecule has 2 aromatic carbocycles. The zero-order valence-corrected chi connectivity index (χ0v) is 16.2. The summed E-state index contributed by atoms with van der Waals surface area (Å²) in [5.74, 6) is -1.55. The van der Waals surface area contributed by atoms with Crippen molar-refractivity contribution in [3.8, 4) is 5.75 Å².